The summed E-state index contributed by atoms with van der Waals surface area (Å²) in [5.74, 6) is 3.02. The van der Waals surface area contributed by atoms with Crippen LogP contribution in [0.15, 0.2) is 0 Å². The highest BCUT2D eigenvalue weighted by Crippen LogP contribution is 2.60. The van der Waals surface area contributed by atoms with E-state index in [9.17, 15) is 4.79 Å². The maximum atomic E-state index is 12.8. The van der Waals surface area contributed by atoms with Crippen LogP contribution in [0.5, 0.6) is 0 Å². The van der Waals surface area contributed by atoms with Crippen molar-refractivity contribution in [2.24, 2.45) is 23.2 Å². The summed E-state index contributed by atoms with van der Waals surface area (Å²) in [6.07, 6.45) is 15.7. The van der Waals surface area contributed by atoms with Gasteiger partial charge in [0.25, 0.3) is 0 Å². The molecule has 0 aromatic heterocycles. The molecule has 0 radical (unpaired) electrons. The molecular formula is C21H36N2O. The first-order chi connectivity index (χ1) is 11.7. The molecule has 1 amide bonds. The quantitative estimate of drug-likeness (QED) is 0.682. The topological polar surface area (TPSA) is 32.3 Å². The Morgan fingerprint density at radius 2 is 1.46 bits per heavy atom. The third-order valence-corrected chi connectivity index (χ3v) is 7.41. The van der Waals surface area contributed by atoms with Crippen molar-refractivity contribution >= 4 is 5.91 Å². The molecule has 5 fully saturated rings. The Kier molecular flexibility index (Phi) is 5.17. The van der Waals surface area contributed by atoms with Gasteiger partial charge in [-0.1, -0.05) is 12.8 Å². The minimum absolute atomic E-state index is 0.0461. The van der Waals surface area contributed by atoms with Crippen LogP contribution < -0.4 is 5.32 Å². The number of nitrogens with zero attached hydrogens (tertiary/aromatic N) is 1. The van der Waals surface area contributed by atoms with Gasteiger partial charge >= 0.3 is 0 Å². The fraction of sp³-hybridized carbons (Fsp3) is 0.952. The average Bonchev–Trinajstić information content (AvgIpc) is 3.06. The Labute approximate surface area is 147 Å². The van der Waals surface area contributed by atoms with Crippen molar-refractivity contribution in [3.8, 4) is 0 Å². The third-order valence-electron chi connectivity index (χ3n) is 7.41. The molecule has 0 aromatic carbocycles. The van der Waals surface area contributed by atoms with Gasteiger partial charge in [-0.15, -0.1) is 0 Å². The van der Waals surface area contributed by atoms with Crippen LogP contribution >= 0.6 is 0 Å². The summed E-state index contributed by atoms with van der Waals surface area (Å²) < 4.78 is 0. The molecule has 5 rings (SSSR count). The van der Waals surface area contributed by atoms with Crippen molar-refractivity contribution in [1.82, 2.24) is 10.2 Å². The Bertz CT molecular complexity index is 406. The van der Waals surface area contributed by atoms with Crippen LogP contribution in [0.2, 0.25) is 0 Å². The zero-order chi connectivity index (χ0) is 16.4. The van der Waals surface area contributed by atoms with Crippen molar-refractivity contribution in [3.63, 3.8) is 0 Å². The third kappa shape index (κ3) is 3.66. The highest BCUT2D eigenvalue weighted by molar-refractivity contribution is 5.83. The summed E-state index contributed by atoms with van der Waals surface area (Å²) in [6.45, 7) is 4.84. The molecule has 0 atom stereocenters. The maximum absolute atomic E-state index is 12.8. The molecule has 136 valence electrons. The van der Waals surface area contributed by atoms with Gasteiger partial charge < -0.3 is 10.2 Å². The molecule has 1 saturated heterocycles. The van der Waals surface area contributed by atoms with Gasteiger partial charge in [0.05, 0.1) is 0 Å². The molecule has 0 spiro atoms. The van der Waals surface area contributed by atoms with Crippen molar-refractivity contribution in [3.05, 3.63) is 0 Å². The number of nitrogens with one attached hydrogen (secondary N) is 1. The molecule has 4 aliphatic carbocycles. The Balaban J connectivity index is 1.11. The molecule has 3 nitrogen and oxygen atoms in total. The number of amides is 1. The van der Waals surface area contributed by atoms with Crippen LogP contribution in [0.3, 0.4) is 0 Å². The predicted octanol–water partition coefficient (Wildman–Crippen LogP) is 3.98. The molecule has 1 aliphatic heterocycles. The van der Waals surface area contributed by atoms with Crippen molar-refractivity contribution in [2.75, 3.05) is 26.2 Å². The second kappa shape index (κ2) is 7.35. The van der Waals surface area contributed by atoms with Gasteiger partial charge in [0.2, 0.25) is 5.91 Å². The Morgan fingerprint density at radius 1 is 0.875 bits per heavy atom. The standard InChI is InChI=1S/C21H36N2O/c24-20(21-14-17-11-18(15-21)13-19(12-17)16-21)22-7-3-1-2-4-8-23-9-5-6-10-23/h17-19H,1-16H2,(H,22,24). The largest absolute Gasteiger partial charge is 0.356 e. The molecule has 4 bridgehead atoms. The Hall–Kier alpha value is -0.570. The number of likely N-dealkylation sites (tertiary alicyclic amines) is 1. The fourth-order valence-corrected chi connectivity index (χ4v) is 6.60. The van der Waals surface area contributed by atoms with Crippen LogP contribution in [0.1, 0.15) is 77.0 Å². The van der Waals surface area contributed by atoms with E-state index in [1.807, 2.05) is 0 Å². The smallest absolute Gasteiger partial charge is 0.226 e. The Morgan fingerprint density at radius 3 is 2.08 bits per heavy atom. The lowest BCUT2D eigenvalue weighted by Gasteiger charge is -2.55. The minimum Gasteiger partial charge on any atom is -0.356 e. The van der Waals surface area contributed by atoms with Gasteiger partial charge in [0, 0.05) is 12.0 Å². The molecule has 0 unspecified atom stereocenters. The summed E-state index contributed by atoms with van der Waals surface area (Å²) in [7, 11) is 0. The highest BCUT2D eigenvalue weighted by Gasteiger charge is 2.54. The summed E-state index contributed by atoms with van der Waals surface area (Å²) in [6, 6.07) is 0. The minimum atomic E-state index is 0.0461. The summed E-state index contributed by atoms with van der Waals surface area (Å²) in [5.41, 5.74) is 0.0461. The first-order valence-corrected chi connectivity index (χ1v) is 10.7. The lowest BCUT2D eigenvalue weighted by molar-refractivity contribution is -0.146. The van der Waals surface area contributed by atoms with Gasteiger partial charge in [-0.25, -0.2) is 0 Å². The number of hydrogen-bond acceptors (Lipinski definition) is 2. The molecule has 0 aromatic rings. The maximum Gasteiger partial charge on any atom is 0.226 e. The second-order valence-electron chi connectivity index (χ2n) is 9.42. The molecule has 5 aliphatic rings. The van der Waals surface area contributed by atoms with Crippen molar-refractivity contribution < 1.29 is 4.79 Å². The van der Waals surface area contributed by atoms with Gasteiger partial charge in [-0.05, 0) is 102 Å². The molecule has 4 saturated carbocycles. The van der Waals surface area contributed by atoms with E-state index in [4.69, 9.17) is 0 Å². The summed E-state index contributed by atoms with van der Waals surface area (Å²) in [5, 5.41) is 3.32. The van der Waals surface area contributed by atoms with E-state index in [1.165, 1.54) is 90.3 Å². The molecular weight excluding hydrogens is 296 g/mol. The van der Waals surface area contributed by atoms with Crippen LogP contribution in [-0.2, 0) is 4.79 Å². The van der Waals surface area contributed by atoms with Gasteiger partial charge in [-0.3, -0.25) is 4.79 Å². The van der Waals surface area contributed by atoms with Crippen LogP contribution in [0.25, 0.3) is 0 Å². The normalized spacial score (nSPS) is 37.9. The van der Waals surface area contributed by atoms with Crippen LogP contribution in [0.4, 0.5) is 0 Å². The van der Waals surface area contributed by atoms with E-state index >= 15 is 0 Å². The monoisotopic (exact) mass is 332 g/mol. The number of hydrogen-bond donors (Lipinski definition) is 1. The molecule has 1 heterocycles. The molecule has 24 heavy (non-hydrogen) atoms. The van der Waals surface area contributed by atoms with Crippen LogP contribution in [0, 0.1) is 23.2 Å². The molecule has 3 heteroatoms. The van der Waals surface area contributed by atoms with Gasteiger partial charge in [0.1, 0.15) is 0 Å². The van der Waals surface area contributed by atoms with E-state index < -0.39 is 0 Å². The van der Waals surface area contributed by atoms with Crippen LogP contribution in [-0.4, -0.2) is 37.0 Å². The van der Waals surface area contributed by atoms with E-state index in [0.29, 0.717) is 5.91 Å². The van der Waals surface area contributed by atoms with E-state index in [-0.39, 0.29) is 5.41 Å². The molecule has 1 N–H and O–H groups in total. The fourth-order valence-electron chi connectivity index (χ4n) is 6.60. The number of carbonyl (C=O) groups is 1. The number of rotatable bonds is 8. The zero-order valence-corrected chi connectivity index (χ0v) is 15.4. The van der Waals surface area contributed by atoms with Gasteiger partial charge in [0.15, 0.2) is 0 Å². The van der Waals surface area contributed by atoms with Crippen molar-refractivity contribution in [1.29, 1.82) is 0 Å². The predicted molar refractivity (Wildman–Crippen MR) is 97.8 cm³/mol. The van der Waals surface area contributed by atoms with E-state index in [1.54, 1.807) is 0 Å². The van der Waals surface area contributed by atoms with E-state index in [0.717, 1.165) is 30.7 Å². The number of unbranched alkanes of at least 4 members (excludes halogenated alkanes) is 3. The summed E-state index contributed by atoms with van der Waals surface area (Å²) in [4.78, 5) is 15.4. The van der Waals surface area contributed by atoms with E-state index in [2.05, 4.69) is 10.2 Å². The highest BCUT2D eigenvalue weighted by atomic mass is 16.2. The second-order valence-corrected chi connectivity index (χ2v) is 9.42. The lowest BCUT2D eigenvalue weighted by Crippen LogP contribution is -2.53. The first kappa shape index (κ1) is 16.9. The van der Waals surface area contributed by atoms with Crippen molar-refractivity contribution in [2.45, 2.75) is 77.0 Å². The zero-order valence-electron chi connectivity index (χ0n) is 15.4. The summed E-state index contributed by atoms with van der Waals surface area (Å²) >= 11 is 0. The average molecular weight is 333 g/mol. The van der Waals surface area contributed by atoms with Gasteiger partial charge in [-0.2, -0.15) is 0 Å². The SMILES string of the molecule is O=C(NCCCCCCN1CCCC1)C12CC3CC(CC(C3)C1)C2. The number of carbonyl (C=O) groups excluding carboxylic acids is 1. The lowest BCUT2D eigenvalue weighted by atomic mass is 9.49. The first-order valence-electron chi connectivity index (χ1n) is 10.7.